The Kier molecular flexibility index (Phi) is 6.29. The van der Waals surface area contributed by atoms with E-state index in [1.807, 2.05) is 0 Å². The highest BCUT2D eigenvalue weighted by molar-refractivity contribution is 5.97. The smallest absolute Gasteiger partial charge is 0.359 e. The maximum Gasteiger partial charge on any atom is 0.359 e. The van der Waals surface area contributed by atoms with Crippen LogP contribution in [-0.4, -0.2) is 74.5 Å². The van der Waals surface area contributed by atoms with E-state index in [9.17, 15) is 29.4 Å². The van der Waals surface area contributed by atoms with Gasteiger partial charge in [0.25, 0.3) is 5.56 Å². The lowest BCUT2D eigenvalue weighted by Crippen LogP contribution is -2.40. The first-order valence-corrected chi connectivity index (χ1v) is 9.04. The van der Waals surface area contributed by atoms with Gasteiger partial charge in [0.2, 0.25) is 0 Å². The maximum absolute atomic E-state index is 12.9. The molecule has 0 bridgehead atoms. The first kappa shape index (κ1) is 22.3. The minimum atomic E-state index is -1.03. The molecular formula is C18H20N4O9. The van der Waals surface area contributed by atoms with E-state index < -0.39 is 48.2 Å². The van der Waals surface area contributed by atoms with Crippen molar-refractivity contribution in [3.63, 3.8) is 0 Å². The second kappa shape index (κ2) is 8.75. The van der Waals surface area contributed by atoms with Gasteiger partial charge in [0, 0.05) is 25.2 Å². The highest BCUT2D eigenvalue weighted by Gasteiger charge is 2.36. The van der Waals surface area contributed by atoms with Crippen LogP contribution in [0.5, 0.6) is 0 Å². The third kappa shape index (κ3) is 3.97. The van der Waals surface area contributed by atoms with Crippen molar-refractivity contribution in [2.75, 3.05) is 20.8 Å². The molecule has 1 saturated heterocycles. The van der Waals surface area contributed by atoms with Crippen molar-refractivity contribution < 1.29 is 34.0 Å². The number of carbonyl (C=O) groups is 2. The van der Waals surface area contributed by atoms with Crippen LogP contribution >= 0.6 is 0 Å². The number of hydrogen-bond donors (Lipinski definition) is 2. The zero-order valence-electron chi connectivity index (χ0n) is 16.8. The van der Waals surface area contributed by atoms with Crippen LogP contribution in [0.1, 0.15) is 33.6 Å². The molecule has 2 aromatic rings. The molecule has 3 heterocycles. The van der Waals surface area contributed by atoms with E-state index in [4.69, 9.17) is 4.74 Å². The fourth-order valence-corrected chi connectivity index (χ4v) is 3.18. The Labute approximate surface area is 174 Å². The van der Waals surface area contributed by atoms with E-state index in [0.717, 1.165) is 35.6 Å². The summed E-state index contributed by atoms with van der Waals surface area (Å²) in [5.74, 6) is -1.78. The van der Waals surface area contributed by atoms with Crippen molar-refractivity contribution in [3.05, 3.63) is 44.5 Å². The standard InChI is InChI=1S/C18H20N4O9/c1-21-15(25)9(6-22(18(21)28)13-5-11(24)12(7-23)31-13)8-4-10(16(26)29-2)19-20-14(8)17(27)30-3/h4,6,11-13,23-24H,5,7H2,1-3H3/t11?,12-,13-/m1/s1. The minimum Gasteiger partial charge on any atom is -0.464 e. The first-order valence-electron chi connectivity index (χ1n) is 9.04. The number of carbonyl (C=O) groups excluding carboxylic acids is 2. The molecule has 0 amide bonds. The van der Waals surface area contributed by atoms with E-state index >= 15 is 0 Å². The van der Waals surface area contributed by atoms with Gasteiger partial charge >= 0.3 is 17.6 Å². The molecule has 1 aliphatic rings. The second-order valence-electron chi connectivity index (χ2n) is 6.69. The van der Waals surface area contributed by atoms with Crippen LogP contribution in [-0.2, 0) is 21.3 Å². The molecular weight excluding hydrogens is 416 g/mol. The number of aliphatic hydroxyl groups is 2. The summed E-state index contributed by atoms with van der Waals surface area (Å²) in [6.45, 7) is -0.464. The van der Waals surface area contributed by atoms with Crippen molar-refractivity contribution in [2.24, 2.45) is 7.05 Å². The fourth-order valence-electron chi connectivity index (χ4n) is 3.18. The third-order valence-corrected chi connectivity index (χ3v) is 4.86. The summed E-state index contributed by atoms with van der Waals surface area (Å²) in [6.07, 6.45) is -1.80. The molecule has 3 atom stereocenters. The second-order valence-corrected chi connectivity index (χ2v) is 6.69. The summed E-state index contributed by atoms with van der Waals surface area (Å²) in [5, 5.41) is 26.6. The third-order valence-electron chi connectivity index (χ3n) is 4.86. The van der Waals surface area contributed by atoms with Gasteiger partial charge in [-0.3, -0.25) is 13.9 Å². The van der Waals surface area contributed by atoms with Gasteiger partial charge in [0.15, 0.2) is 11.4 Å². The number of aromatic nitrogens is 4. The number of aliphatic hydroxyl groups excluding tert-OH is 2. The summed E-state index contributed by atoms with van der Waals surface area (Å²) in [5.41, 5.74) is -2.47. The molecule has 0 aliphatic carbocycles. The fraction of sp³-hybridized carbons (Fsp3) is 0.444. The summed E-state index contributed by atoms with van der Waals surface area (Å²) < 4.78 is 16.6. The van der Waals surface area contributed by atoms with Gasteiger partial charge in [-0.2, -0.15) is 0 Å². The summed E-state index contributed by atoms with van der Waals surface area (Å²) in [6, 6.07) is 1.12. The molecule has 0 aromatic carbocycles. The van der Waals surface area contributed by atoms with Crippen LogP contribution in [0.4, 0.5) is 0 Å². The Bertz CT molecular complexity index is 1140. The molecule has 1 aliphatic heterocycles. The molecule has 0 spiro atoms. The molecule has 3 rings (SSSR count). The Balaban J connectivity index is 2.24. The number of methoxy groups -OCH3 is 2. The van der Waals surface area contributed by atoms with Crippen molar-refractivity contribution in [3.8, 4) is 11.1 Å². The molecule has 13 nitrogen and oxygen atoms in total. The van der Waals surface area contributed by atoms with E-state index in [1.54, 1.807) is 0 Å². The zero-order valence-corrected chi connectivity index (χ0v) is 16.8. The SMILES string of the molecule is COC(=O)c1cc(-c2cn([C@H]3CC(O)[C@@H](CO)O3)c(=O)n(C)c2=O)c(C(=O)OC)nn1. The summed E-state index contributed by atoms with van der Waals surface area (Å²) in [4.78, 5) is 49.6. The molecule has 2 aromatic heterocycles. The van der Waals surface area contributed by atoms with Gasteiger partial charge < -0.3 is 24.4 Å². The minimum absolute atomic E-state index is 0.0192. The molecule has 0 saturated carbocycles. The predicted molar refractivity (Wildman–Crippen MR) is 101 cm³/mol. The average molecular weight is 436 g/mol. The van der Waals surface area contributed by atoms with Crippen LogP contribution in [0.3, 0.4) is 0 Å². The number of rotatable bonds is 5. The van der Waals surface area contributed by atoms with E-state index in [1.165, 1.54) is 7.05 Å². The molecule has 31 heavy (non-hydrogen) atoms. The monoisotopic (exact) mass is 436 g/mol. The highest BCUT2D eigenvalue weighted by Crippen LogP contribution is 2.28. The predicted octanol–water partition coefficient (Wildman–Crippen LogP) is -1.78. The molecule has 0 radical (unpaired) electrons. The van der Waals surface area contributed by atoms with Gasteiger partial charge in [-0.15, -0.1) is 10.2 Å². The quantitative estimate of drug-likeness (QED) is 0.507. The summed E-state index contributed by atoms with van der Waals surface area (Å²) in [7, 11) is 3.44. The highest BCUT2D eigenvalue weighted by atomic mass is 16.5. The average Bonchev–Trinajstić information content (AvgIpc) is 3.16. The Morgan fingerprint density at radius 1 is 1.19 bits per heavy atom. The van der Waals surface area contributed by atoms with E-state index in [0.29, 0.717) is 0 Å². The van der Waals surface area contributed by atoms with E-state index in [-0.39, 0.29) is 28.9 Å². The molecule has 166 valence electrons. The Hall–Kier alpha value is -3.42. The van der Waals surface area contributed by atoms with Crippen molar-refractivity contribution in [1.29, 1.82) is 0 Å². The molecule has 13 heteroatoms. The lowest BCUT2D eigenvalue weighted by atomic mass is 10.1. The first-order chi connectivity index (χ1) is 14.7. The number of nitrogens with zero attached hydrogens (tertiary/aromatic N) is 4. The number of hydrogen-bond acceptors (Lipinski definition) is 11. The number of esters is 2. The van der Waals surface area contributed by atoms with Crippen molar-refractivity contribution >= 4 is 11.9 Å². The zero-order chi connectivity index (χ0) is 22.9. The van der Waals surface area contributed by atoms with Crippen molar-refractivity contribution in [2.45, 2.75) is 24.9 Å². The van der Waals surface area contributed by atoms with Gasteiger partial charge in [-0.05, 0) is 6.07 Å². The van der Waals surface area contributed by atoms with Crippen LogP contribution in [0.25, 0.3) is 11.1 Å². The van der Waals surface area contributed by atoms with E-state index in [2.05, 4.69) is 19.7 Å². The molecule has 2 N–H and O–H groups in total. The van der Waals surface area contributed by atoms with Gasteiger partial charge in [-0.25, -0.2) is 14.4 Å². The maximum atomic E-state index is 12.9. The lowest BCUT2D eigenvalue weighted by molar-refractivity contribution is -0.0461. The van der Waals surface area contributed by atoms with Gasteiger partial charge in [0.05, 0.1) is 32.5 Å². The van der Waals surface area contributed by atoms with Crippen LogP contribution < -0.4 is 11.2 Å². The lowest BCUT2D eigenvalue weighted by Gasteiger charge is -2.17. The molecule has 1 fully saturated rings. The van der Waals surface area contributed by atoms with Gasteiger partial charge in [-0.1, -0.05) is 0 Å². The van der Waals surface area contributed by atoms with Crippen LogP contribution in [0.2, 0.25) is 0 Å². The van der Waals surface area contributed by atoms with Gasteiger partial charge in [0.1, 0.15) is 12.3 Å². The number of ether oxygens (including phenoxy) is 3. The van der Waals surface area contributed by atoms with Crippen molar-refractivity contribution in [1.82, 2.24) is 19.3 Å². The normalized spacial score (nSPS) is 20.5. The molecule has 1 unspecified atom stereocenters. The van der Waals surface area contributed by atoms with Crippen LogP contribution in [0, 0.1) is 0 Å². The van der Waals surface area contributed by atoms with Crippen LogP contribution in [0.15, 0.2) is 21.9 Å². The topological polar surface area (TPSA) is 172 Å². The largest absolute Gasteiger partial charge is 0.464 e. The summed E-state index contributed by atoms with van der Waals surface area (Å²) >= 11 is 0. The Morgan fingerprint density at radius 3 is 2.45 bits per heavy atom. The Morgan fingerprint density at radius 2 is 1.87 bits per heavy atom.